The third-order valence-electron chi connectivity index (χ3n) is 10.1. The Kier molecular flexibility index (Phi) is 24.7. The van der Waals surface area contributed by atoms with E-state index in [9.17, 15) is 38.4 Å². The third kappa shape index (κ3) is 20.5. The Morgan fingerprint density at radius 2 is 1.03 bits per heavy atom. The molecule has 0 radical (unpaired) electrons. The predicted molar refractivity (Wildman–Crippen MR) is 234 cm³/mol. The zero-order chi connectivity index (χ0) is 50.3. The number of hydrogen-bond acceptors (Lipinski definition) is 22. The highest BCUT2D eigenvalue weighted by Gasteiger charge is 2.53. The molecule has 1 aromatic carbocycles. The molecule has 0 bridgehead atoms. The summed E-state index contributed by atoms with van der Waals surface area (Å²) in [5.41, 5.74) is 9.82. The van der Waals surface area contributed by atoms with Crippen molar-refractivity contribution in [3.8, 4) is 0 Å². The zero-order valence-electron chi connectivity index (χ0n) is 40.0. The van der Waals surface area contributed by atoms with Crippen LogP contribution in [0.4, 0.5) is 0 Å². The SMILES string of the molecule is CC(=O)NC1C(OC(C)=O)[C@@H](OC(C)=O)C(COC(C)=O)O[C@H]1ONCCCN(CCCN(CCCN)O[C@@H]1OC(COC(C)=O)[C@H](OC(C)=O)C(OC(C)=O)C1NC(C)=O)Cc1ccccc1. The summed E-state index contributed by atoms with van der Waals surface area (Å²) in [6.07, 6.45) is -8.49. The van der Waals surface area contributed by atoms with Gasteiger partial charge < -0.3 is 54.3 Å². The molecule has 1 aromatic rings. The molecule has 2 heterocycles. The number of nitrogens with two attached hydrogens (primary N) is 1. The first kappa shape index (κ1) is 57.0. The van der Waals surface area contributed by atoms with Crippen LogP contribution in [0.1, 0.15) is 80.2 Å². The van der Waals surface area contributed by atoms with Crippen LogP contribution in [-0.4, -0.2) is 171 Å². The Balaban J connectivity index is 1.78. The molecule has 5 N–H and O–H groups in total. The van der Waals surface area contributed by atoms with E-state index in [1.165, 1.54) is 27.7 Å². The molecule has 2 amide bonds. The van der Waals surface area contributed by atoms with Crippen LogP contribution < -0.4 is 21.8 Å². The average Bonchev–Trinajstić information content (AvgIpc) is 3.24. The quantitative estimate of drug-likeness (QED) is 0.0380. The first-order chi connectivity index (χ1) is 32.3. The number of nitrogens with zero attached hydrogens (tertiary/aromatic N) is 2. The highest BCUT2D eigenvalue weighted by Crippen LogP contribution is 2.30. The van der Waals surface area contributed by atoms with Gasteiger partial charge in [0, 0.05) is 81.6 Å². The Hall–Kier alpha value is -5.34. The van der Waals surface area contributed by atoms with Gasteiger partial charge in [0.2, 0.25) is 24.4 Å². The van der Waals surface area contributed by atoms with Crippen molar-refractivity contribution in [3.63, 3.8) is 0 Å². The molecular weight excluding hydrogens is 901 g/mol. The smallest absolute Gasteiger partial charge is 0.303 e. The highest BCUT2D eigenvalue weighted by molar-refractivity contribution is 5.74. The zero-order valence-corrected chi connectivity index (χ0v) is 40.0. The average molecular weight is 969 g/mol. The summed E-state index contributed by atoms with van der Waals surface area (Å²) in [6, 6.07) is 7.46. The number of carbonyl (C=O) groups is 8. The number of hydroxylamine groups is 3. The van der Waals surface area contributed by atoms with Gasteiger partial charge >= 0.3 is 35.8 Å². The van der Waals surface area contributed by atoms with Crippen molar-refractivity contribution >= 4 is 47.6 Å². The number of ether oxygens (including phenoxy) is 8. The first-order valence-corrected chi connectivity index (χ1v) is 22.3. The first-order valence-electron chi connectivity index (χ1n) is 22.3. The van der Waals surface area contributed by atoms with Gasteiger partial charge in [0.1, 0.15) is 37.5 Å². The van der Waals surface area contributed by atoms with Gasteiger partial charge in [-0.05, 0) is 44.5 Å². The lowest BCUT2D eigenvalue weighted by Crippen LogP contribution is -2.67. The fourth-order valence-electron chi connectivity index (χ4n) is 7.50. The fourth-order valence-corrected chi connectivity index (χ4v) is 7.50. The van der Waals surface area contributed by atoms with E-state index in [-0.39, 0.29) is 19.8 Å². The van der Waals surface area contributed by atoms with Gasteiger partial charge in [-0.1, -0.05) is 30.3 Å². The molecule has 0 spiro atoms. The van der Waals surface area contributed by atoms with E-state index >= 15 is 0 Å². The van der Waals surface area contributed by atoms with Gasteiger partial charge in [0.15, 0.2) is 24.4 Å². The lowest BCUT2D eigenvalue weighted by Gasteiger charge is -2.45. The van der Waals surface area contributed by atoms with Gasteiger partial charge in [-0.2, -0.15) is 10.5 Å². The molecule has 0 saturated carbocycles. The molecular formula is C44H68N6O18. The summed E-state index contributed by atoms with van der Waals surface area (Å²) in [7, 11) is 0. The minimum absolute atomic E-state index is 0.264. The summed E-state index contributed by atoms with van der Waals surface area (Å²) in [4.78, 5) is 112. The molecule has 6 unspecified atom stereocenters. The van der Waals surface area contributed by atoms with Crippen molar-refractivity contribution in [1.82, 2.24) is 26.1 Å². The molecule has 3 rings (SSSR count). The maximum absolute atomic E-state index is 12.5. The second kappa shape index (κ2) is 29.5. The standard InChI is InChI=1S/C44H68N6O18/c1-26(51)47-37-41(63-32(7)57)39(61-30(5)55)35(24-59-28(3)53)65-43(37)67-46-18-13-19-49(23-34-15-10-9-11-16-34)20-14-22-50(21-12-17-45)68-44-38(48-27(2)52)42(64-33(8)58)40(62-31(6)56)36(66-44)25-60-29(4)54/h9-11,15-16,35-44,46H,12-14,17-25,45H2,1-8H3,(H,47,51)(H,48,52)/t35?,36?,37?,38?,39-,40-,41?,42?,43-,44-/m0/s1. The normalized spacial score (nSPS) is 24.6. The van der Waals surface area contributed by atoms with Crippen LogP contribution in [0, 0.1) is 0 Å². The molecule has 0 aliphatic carbocycles. The van der Waals surface area contributed by atoms with Crippen LogP contribution in [0.25, 0.3) is 0 Å². The Morgan fingerprint density at radius 3 is 1.50 bits per heavy atom. The van der Waals surface area contributed by atoms with E-state index < -0.39 is 109 Å². The Labute approximate surface area is 395 Å². The van der Waals surface area contributed by atoms with Gasteiger partial charge in [-0.25, -0.2) is 0 Å². The number of carbonyl (C=O) groups excluding carboxylic acids is 8. The maximum atomic E-state index is 12.5. The number of amides is 2. The lowest BCUT2D eigenvalue weighted by molar-refractivity contribution is -0.341. The number of nitrogens with one attached hydrogen (secondary N) is 3. The van der Waals surface area contributed by atoms with Crippen molar-refractivity contribution in [2.45, 2.75) is 142 Å². The Morgan fingerprint density at radius 1 is 0.574 bits per heavy atom. The van der Waals surface area contributed by atoms with E-state index in [0.717, 1.165) is 33.3 Å². The van der Waals surface area contributed by atoms with Gasteiger partial charge in [0.25, 0.3) is 0 Å². The second-order valence-corrected chi connectivity index (χ2v) is 16.1. The summed E-state index contributed by atoms with van der Waals surface area (Å²) in [5.74, 6) is -5.26. The van der Waals surface area contributed by atoms with Crippen molar-refractivity contribution in [2.24, 2.45) is 5.73 Å². The van der Waals surface area contributed by atoms with E-state index in [0.29, 0.717) is 58.5 Å². The molecule has 2 saturated heterocycles. The molecule has 10 atom stereocenters. The van der Waals surface area contributed by atoms with Crippen LogP contribution in [0.3, 0.4) is 0 Å². The Bertz CT molecular complexity index is 1810. The predicted octanol–water partition coefficient (Wildman–Crippen LogP) is -0.315. The van der Waals surface area contributed by atoms with Crippen LogP contribution in [0.5, 0.6) is 0 Å². The summed E-state index contributed by atoms with van der Waals surface area (Å²) in [5, 5.41) is 6.99. The van der Waals surface area contributed by atoms with Crippen LogP contribution in [0.2, 0.25) is 0 Å². The molecule has 2 fully saturated rings. The minimum atomic E-state index is -1.31. The highest BCUT2D eigenvalue weighted by atomic mass is 16.8. The van der Waals surface area contributed by atoms with Crippen molar-refractivity contribution in [1.29, 1.82) is 0 Å². The van der Waals surface area contributed by atoms with E-state index in [1.807, 2.05) is 30.3 Å². The largest absolute Gasteiger partial charge is 0.463 e. The molecule has 68 heavy (non-hydrogen) atoms. The molecule has 382 valence electrons. The number of rotatable bonds is 27. The number of benzene rings is 1. The van der Waals surface area contributed by atoms with Gasteiger partial charge in [0.05, 0.1) is 0 Å². The second-order valence-electron chi connectivity index (χ2n) is 16.1. The summed E-state index contributed by atoms with van der Waals surface area (Å²) < 4.78 is 44.8. The minimum Gasteiger partial charge on any atom is -0.463 e. The molecule has 24 heteroatoms. The third-order valence-corrected chi connectivity index (χ3v) is 10.1. The maximum Gasteiger partial charge on any atom is 0.303 e. The van der Waals surface area contributed by atoms with Gasteiger partial charge in [-0.3, -0.25) is 52.9 Å². The van der Waals surface area contributed by atoms with Crippen molar-refractivity contribution < 1.29 is 85.9 Å². The number of hydrogen-bond donors (Lipinski definition) is 4. The molecule has 24 nitrogen and oxygen atoms in total. The molecule has 2 aliphatic rings. The summed E-state index contributed by atoms with van der Waals surface area (Å²) >= 11 is 0. The van der Waals surface area contributed by atoms with E-state index in [2.05, 4.69) is 21.0 Å². The van der Waals surface area contributed by atoms with E-state index in [1.54, 1.807) is 5.06 Å². The fraction of sp³-hybridized carbons (Fsp3) is 0.682. The molecule has 0 aromatic heterocycles. The van der Waals surface area contributed by atoms with E-state index in [4.69, 9.17) is 53.3 Å². The monoisotopic (exact) mass is 968 g/mol. The van der Waals surface area contributed by atoms with Gasteiger partial charge in [-0.15, -0.1) is 0 Å². The molecule has 2 aliphatic heterocycles. The lowest BCUT2D eigenvalue weighted by atomic mass is 9.96. The van der Waals surface area contributed by atoms with Crippen LogP contribution >= 0.6 is 0 Å². The summed E-state index contributed by atoms with van der Waals surface area (Å²) in [6.45, 7) is 11.6. The topological polar surface area (TPSA) is 297 Å². The van der Waals surface area contributed by atoms with Crippen molar-refractivity contribution in [3.05, 3.63) is 35.9 Å². The van der Waals surface area contributed by atoms with Crippen molar-refractivity contribution in [2.75, 3.05) is 52.5 Å². The number of esters is 6. The van der Waals surface area contributed by atoms with Crippen LogP contribution in [0.15, 0.2) is 30.3 Å². The van der Waals surface area contributed by atoms with Crippen LogP contribution in [-0.2, 0) is 92.5 Å².